The van der Waals surface area contributed by atoms with Crippen LogP contribution in [0.25, 0.3) is 33.2 Å². The van der Waals surface area contributed by atoms with Crippen molar-refractivity contribution in [1.29, 1.82) is 0 Å². The van der Waals surface area contributed by atoms with Crippen molar-refractivity contribution >= 4 is 67.5 Å². The summed E-state index contributed by atoms with van der Waals surface area (Å²) in [5.41, 5.74) is 5.14. The maximum Gasteiger partial charge on any atom is 0.165 e. The standard InChI is InChI=1S/C31H26FIN8O/c1-18-7-9-21-20(11-13-35-29(21)39-24-10-8-19(33)15-23(24)32)26(18)40-30-22(5-4-12-34-30)27-28-31(37-16-36-27)41(17-38-28)25-6-2-3-14-42-25/h4-5,7-13,15-17,25H,2-3,6,14H2,1H3,(H,34,40)(H,35,39). The number of nitrogens with zero attached hydrogens (tertiary/aromatic N) is 6. The molecule has 9 nitrogen and oxygen atoms in total. The normalized spacial score (nSPS) is 15.3. The topological polar surface area (TPSA) is 103 Å². The van der Waals surface area contributed by atoms with Crippen LogP contribution in [0.15, 0.2) is 73.6 Å². The lowest BCUT2D eigenvalue weighted by Gasteiger charge is -2.23. The second-order valence-electron chi connectivity index (χ2n) is 10.2. The predicted octanol–water partition coefficient (Wildman–Crippen LogP) is 7.67. The van der Waals surface area contributed by atoms with Gasteiger partial charge in [-0.2, -0.15) is 0 Å². The molecule has 210 valence electrons. The van der Waals surface area contributed by atoms with E-state index in [9.17, 15) is 4.39 Å². The fraction of sp³-hybridized carbons (Fsp3) is 0.194. The summed E-state index contributed by atoms with van der Waals surface area (Å²) in [6.45, 7) is 2.77. The number of benzene rings is 2. The van der Waals surface area contributed by atoms with Gasteiger partial charge in [0.15, 0.2) is 5.65 Å². The van der Waals surface area contributed by atoms with Crippen LogP contribution < -0.4 is 10.6 Å². The molecule has 4 aromatic heterocycles. The summed E-state index contributed by atoms with van der Waals surface area (Å²) in [5, 5.41) is 8.50. The minimum atomic E-state index is -0.335. The molecule has 6 aromatic rings. The average Bonchev–Trinajstić information content (AvgIpc) is 3.45. The zero-order chi connectivity index (χ0) is 28.6. The highest BCUT2D eigenvalue weighted by Crippen LogP contribution is 2.37. The van der Waals surface area contributed by atoms with Crippen molar-refractivity contribution in [2.45, 2.75) is 32.4 Å². The summed E-state index contributed by atoms with van der Waals surface area (Å²) in [6.07, 6.45) is 9.82. The Bertz CT molecular complexity index is 1940. The molecule has 1 saturated heterocycles. The minimum absolute atomic E-state index is 0.0827. The Morgan fingerprint density at radius 1 is 0.929 bits per heavy atom. The summed E-state index contributed by atoms with van der Waals surface area (Å²) < 4.78 is 23.5. The SMILES string of the molecule is Cc1ccc2c(Nc3ccc(I)cc3F)nccc2c1Nc1ncccc1-c1ncnc2c1ncn2C1CCCCO1. The summed E-state index contributed by atoms with van der Waals surface area (Å²) in [4.78, 5) is 23.1. The van der Waals surface area contributed by atoms with Gasteiger partial charge in [-0.05, 0) is 90.7 Å². The highest BCUT2D eigenvalue weighted by molar-refractivity contribution is 14.1. The molecule has 0 amide bonds. The minimum Gasteiger partial charge on any atom is -0.358 e. The Labute approximate surface area is 254 Å². The number of rotatable bonds is 6. The Balaban J connectivity index is 1.28. The van der Waals surface area contributed by atoms with Crippen molar-refractivity contribution in [2.75, 3.05) is 17.2 Å². The Morgan fingerprint density at radius 3 is 2.69 bits per heavy atom. The van der Waals surface area contributed by atoms with Crippen molar-refractivity contribution < 1.29 is 9.13 Å². The first-order valence-electron chi connectivity index (χ1n) is 13.7. The van der Waals surface area contributed by atoms with Crippen molar-refractivity contribution in [3.05, 3.63) is 88.5 Å². The van der Waals surface area contributed by atoms with Gasteiger partial charge in [0, 0.05) is 38.9 Å². The number of aromatic nitrogens is 6. The molecule has 1 aliphatic rings. The molecule has 1 fully saturated rings. The fourth-order valence-corrected chi connectivity index (χ4v) is 5.82. The van der Waals surface area contributed by atoms with E-state index >= 15 is 0 Å². The molecule has 0 aliphatic carbocycles. The average molecular weight is 673 g/mol. The Morgan fingerprint density at radius 2 is 1.83 bits per heavy atom. The molecule has 0 radical (unpaired) electrons. The number of hydrogen-bond acceptors (Lipinski definition) is 8. The van der Waals surface area contributed by atoms with E-state index in [0.717, 1.165) is 62.7 Å². The molecule has 5 heterocycles. The number of hydrogen-bond donors (Lipinski definition) is 2. The number of fused-ring (bicyclic) bond motifs is 2. The predicted molar refractivity (Wildman–Crippen MR) is 170 cm³/mol. The first-order valence-corrected chi connectivity index (χ1v) is 14.8. The number of anilines is 4. The second kappa shape index (κ2) is 11.2. The molecule has 2 aromatic carbocycles. The number of ether oxygens (including phenoxy) is 1. The van der Waals surface area contributed by atoms with Crippen molar-refractivity contribution in [1.82, 2.24) is 29.5 Å². The molecule has 42 heavy (non-hydrogen) atoms. The fourth-order valence-electron chi connectivity index (χ4n) is 5.37. The van der Waals surface area contributed by atoms with Crippen LogP contribution in [-0.2, 0) is 4.74 Å². The molecule has 11 heteroatoms. The van der Waals surface area contributed by atoms with Gasteiger partial charge in [0.1, 0.15) is 41.2 Å². The van der Waals surface area contributed by atoms with E-state index < -0.39 is 0 Å². The number of pyridine rings is 2. The molecule has 2 N–H and O–H groups in total. The molecular weight excluding hydrogens is 646 g/mol. The molecule has 0 bridgehead atoms. The van der Waals surface area contributed by atoms with Crippen LogP contribution in [-0.4, -0.2) is 36.1 Å². The first kappa shape index (κ1) is 26.7. The van der Waals surface area contributed by atoms with Crippen molar-refractivity contribution in [3.63, 3.8) is 0 Å². The molecule has 7 rings (SSSR count). The molecule has 0 saturated carbocycles. The van der Waals surface area contributed by atoms with Gasteiger partial charge in [-0.15, -0.1) is 0 Å². The van der Waals surface area contributed by atoms with Gasteiger partial charge in [-0.25, -0.2) is 29.3 Å². The molecular formula is C31H26FIN8O. The quantitative estimate of drug-likeness (QED) is 0.174. The highest BCUT2D eigenvalue weighted by Gasteiger charge is 2.22. The van der Waals surface area contributed by atoms with Gasteiger partial charge in [0.05, 0.1) is 17.7 Å². The van der Waals surface area contributed by atoms with E-state index in [-0.39, 0.29) is 12.0 Å². The van der Waals surface area contributed by atoms with Gasteiger partial charge in [-0.3, -0.25) is 4.57 Å². The van der Waals surface area contributed by atoms with Crippen LogP contribution in [0.3, 0.4) is 0 Å². The first-order chi connectivity index (χ1) is 20.6. The smallest absolute Gasteiger partial charge is 0.165 e. The zero-order valence-corrected chi connectivity index (χ0v) is 24.8. The van der Waals surface area contributed by atoms with Crippen LogP contribution in [0.5, 0.6) is 0 Å². The van der Waals surface area contributed by atoms with E-state index in [0.29, 0.717) is 28.5 Å². The van der Waals surface area contributed by atoms with Gasteiger partial charge in [-0.1, -0.05) is 12.1 Å². The van der Waals surface area contributed by atoms with Crippen LogP contribution >= 0.6 is 22.6 Å². The molecule has 1 unspecified atom stereocenters. The maximum atomic E-state index is 14.7. The number of nitrogens with one attached hydrogen (secondary N) is 2. The highest BCUT2D eigenvalue weighted by atomic mass is 127. The van der Waals surface area contributed by atoms with E-state index in [2.05, 4.69) is 48.2 Å². The Kier molecular flexibility index (Phi) is 7.12. The lowest BCUT2D eigenvalue weighted by Crippen LogP contribution is -2.17. The second-order valence-corrected chi connectivity index (χ2v) is 11.4. The lowest BCUT2D eigenvalue weighted by atomic mass is 10.0. The summed E-state index contributed by atoms with van der Waals surface area (Å²) in [7, 11) is 0. The molecule has 1 atom stereocenters. The van der Waals surface area contributed by atoms with Gasteiger partial charge in [0.25, 0.3) is 0 Å². The van der Waals surface area contributed by atoms with E-state index in [1.807, 2.05) is 47.9 Å². The van der Waals surface area contributed by atoms with Crippen LogP contribution in [0.2, 0.25) is 0 Å². The summed E-state index contributed by atoms with van der Waals surface area (Å²) in [6, 6.07) is 14.9. The summed E-state index contributed by atoms with van der Waals surface area (Å²) in [5.74, 6) is 0.856. The van der Waals surface area contributed by atoms with Crippen LogP contribution in [0.4, 0.5) is 27.4 Å². The van der Waals surface area contributed by atoms with Crippen molar-refractivity contribution in [2.24, 2.45) is 0 Å². The number of imidazole rings is 1. The molecule has 0 spiro atoms. The lowest BCUT2D eigenvalue weighted by molar-refractivity contribution is -0.0298. The summed E-state index contributed by atoms with van der Waals surface area (Å²) >= 11 is 2.09. The van der Waals surface area contributed by atoms with Crippen LogP contribution in [0.1, 0.15) is 31.1 Å². The number of aryl methyl sites for hydroxylation is 1. The monoisotopic (exact) mass is 672 g/mol. The third-order valence-corrected chi connectivity index (χ3v) is 8.14. The van der Waals surface area contributed by atoms with Gasteiger partial charge >= 0.3 is 0 Å². The van der Waals surface area contributed by atoms with Crippen molar-refractivity contribution in [3.8, 4) is 11.3 Å². The maximum absolute atomic E-state index is 14.7. The van der Waals surface area contributed by atoms with Gasteiger partial charge < -0.3 is 15.4 Å². The van der Waals surface area contributed by atoms with E-state index in [4.69, 9.17) is 14.7 Å². The van der Waals surface area contributed by atoms with Gasteiger partial charge in [0.2, 0.25) is 0 Å². The van der Waals surface area contributed by atoms with E-state index in [1.54, 1.807) is 31.1 Å². The zero-order valence-electron chi connectivity index (χ0n) is 22.7. The third-order valence-electron chi connectivity index (χ3n) is 7.47. The number of halogens is 2. The largest absolute Gasteiger partial charge is 0.358 e. The third kappa shape index (κ3) is 4.92. The molecule has 1 aliphatic heterocycles. The Hall–Kier alpha value is -4.23. The van der Waals surface area contributed by atoms with Crippen LogP contribution in [0, 0.1) is 16.3 Å². The van der Waals surface area contributed by atoms with E-state index in [1.165, 1.54) is 6.07 Å².